The molecule has 8 heteroatoms. The van der Waals surface area contributed by atoms with Gasteiger partial charge in [0.15, 0.2) is 6.29 Å². The topological polar surface area (TPSA) is 68.7 Å². The highest BCUT2D eigenvalue weighted by Gasteiger charge is 2.29. The van der Waals surface area contributed by atoms with Crippen molar-refractivity contribution in [1.29, 1.82) is 0 Å². The molecule has 0 amide bonds. The number of ether oxygens (including phenoxy) is 2. The van der Waals surface area contributed by atoms with Crippen LogP contribution in [-0.4, -0.2) is 29.3 Å². The van der Waals surface area contributed by atoms with Gasteiger partial charge in [-0.05, 0) is 6.42 Å². The van der Waals surface area contributed by atoms with E-state index in [1.165, 1.54) is 0 Å². The number of aromatic nitrogens is 1. The lowest BCUT2D eigenvalue weighted by Gasteiger charge is -2.25. The molecule has 0 atom stereocenters. The van der Waals surface area contributed by atoms with Gasteiger partial charge in [-0.2, -0.15) is 0 Å². The van der Waals surface area contributed by atoms with Crippen LogP contribution in [0.25, 0.3) is 0 Å². The Kier molecular flexibility index (Phi) is 4.29. The third kappa shape index (κ3) is 2.55. The van der Waals surface area contributed by atoms with Gasteiger partial charge in [0.05, 0.1) is 23.8 Å². The molecule has 1 saturated heterocycles. The van der Waals surface area contributed by atoms with Crippen molar-refractivity contribution in [2.24, 2.45) is 0 Å². The van der Waals surface area contributed by atoms with Crippen LogP contribution in [0.15, 0.2) is 0 Å². The summed E-state index contributed by atoms with van der Waals surface area (Å²) in [5.41, 5.74) is -0.115. The molecule has 1 N–H and O–H groups in total. The minimum atomic E-state index is -1.29. The van der Waals surface area contributed by atoms with Gasteiger partial charge in [-0.15, -0.1) is 0 Å². The zero-order valence-corrected chi connectivity index (χ0v) is 11.2. The summed E-state index contributed by atoms with van der Waals surface area (Å²) in [4.78, 5) is 14.8. The van der Waals surface area contributed by atoms with Gasteiger partial charge in [0, 0.05) is 0 Å². The molecule has 1 aromatic heterocycles. The lowest BCUT2D eigenvalue weighted by atomic mass is 10.2. The molecule has 1 aromatic rings. The van der Waals surface area contributed by atoms with Gasteiger partial charge in [0.1, 0.15) is 15.9 Å². The van der Waals surface area contributed by atoms with E-state index in [1.54, 1.807) is 0 Å². The molecule has 18 heavy (non-hydrogen) atoms. The maximum Gasteiger partial charge on any atom is 0.340 e. The Morgan fingerprint density at radius 3 is 2.39 bits per heavy atom. The molecule has 0 aliphatic carbocycles. The number of rotatable bonds is 2. The van der Waals surface area contributed by atoms with E-state index in [-0.39, 0.29) is 26.5 Å². The van der Waals surface area contributed by atoms with Crippen molar-refractivity contribution >= 4 is 40.8 Å². The minimum Gasteiger partial charge on any atom is -0.478 e. The van der Waals surface area contributed by atoms with Crippen LogP contribution in [0, 0.1) is 0 Å². The fourth-order valence-electron chi connectivity index (χ4n) is 1.56. The van der Waals surface area contributed by atoms with E-state index in [0.29, 0.717) is 13.2 Å². The van der Waals surface area contributed by atoms with Gasteiger partial charge in [0.2, 0.25) is 0 Å². The first kappa shape index (κ1) is 13.8. The van der Waals surface area contributed by atoms with Gasteiger partial charge >= 0.3 is 5.97 Å². The Morgan fingerprint density at radius 2 is 1.83 bits per heavy atom. The molecule has 0 unspecified atom stereocenters. The summed E-state index contributed by atoms with van der Waals surface area (Å²) in [7, 11) is 0. The van der Waals surface area contributed by atoms with Gasteiger partial charge in [-0.25, -0.2) is 9.78 Å². The average Bonchev–Trinajstić information content (AvgIpc) is 2.28. The quantitative estimate of drug-likeness (QED) is 0.849. The third-order valence-corrected chi connectivity index (χ3v) is 3.31. The largest absolute Gasteiger partial charge is 0.478 e. The Labute approximate surface area is 118 Å². The fourth-order valence-corrected chi connectivity index (χ4v) is 2.57. The van der Waals surface area contributed by atoms with Crippen LogP contribution in [-0.2, 0) is 9.47 Å². The van der Waals surface area contributed by atoms with Crippen molar-refractivity contribution < 1.29 is 19.4 Å². The number of pyridine rings is 1. The summed E-state index contributed by atoms with van der Waals surface area (Å²) in [6, 6.07) is 0. The molecule has 2 rings (SSSR count). The Bertz CT molecular complexity index is 489. The highest BCUT2D eigenvalue weighted by molar-refractivity contribution is 6.41. The van der Waals surface area contributed by atoms with Crippen LogP contribution in [0.2, 0.25) is 15.3 Å². The molecule has 5 nitrogen and oxygen atoms in total. The molecule has 0 aromatic carbocycles. The maximum absolute atomic E-state index is 11.1. The minimum absolute atomic E-state index is 0.0260. The molecule has 98 valence electrons. The van der Waals surface area contributed by atoms with Crippen molar-refractivity contribution in [3.63, 3.8) is 0 Å². The monoisotopic (exact) mass is 311 g/mol. The molecule has 1 aliphatic rings. The van der Waals surface area contributed by atoms with Gasteiger partial charge < -0.3 is 14.6 Å². The first-order chi connectivity index (χ1) is 8.52. The van der Waals surface area contributed by atoms with E-state index >= 15 is 0 Å². The predicted molar refractivity (Wildman–Crippen MR) is 65.5 cm³/mol. The van der Waals surface area contributed by atoms with E-state index in [0.717, 1.165) is 6.42 Å². The van der Waals surface area contributed by atoms with Crippen LogP contribution < -0.4 is 0 Å². The first-order valence-corrected chi connectivity index (χ1v) is 6.16. The number of carbonyl (C=O) groups is 1. The summed E-state index contributed by atoms with van der Waals surface area (Å²) in [6.45, 7) is 0.949. The van der Waals surface area contributed by atoms with Gasteiger partial charge in [0.25, 0.3) is 0 Å². The van der Waals surface area contributed by atoms with Crippen LogP contribution >= 0.6 is 34.8 Å². The van der Waals surface area contributed by atoms with Crippen LogP contribution in [0.3, 0.4) is 0 Å². The second-order valence-electron chi connectivity index (χ2n) is 3.53. The third-order valence-electron chi connectivity index (χ3n) is 2.36. The fraction of sp³-hybridized carbons (Fsp3) is 0.400. The lowest BCUT2D eigenvalue weighted by molar-refractivity contribution is -0.183. The maximum atomic E-state index is 11.1. The number of carboxylic acid groups (broad SMARTS) is 1. The first-order valence-electron chi connectivity index (χ1n) is 5.03. The van der Waals surface area contributed by atoms with Gasteiger partial charge in [-0.3, -0.25) is 0 Å². The summed E-state index contributed by atoms with van der Waals surface area (Å²) >= 11 is 17.6. The number of nitrogens with zero attached hydrogens (tertiary/aromatic N) is 1. The highest BCUT2D eigenvalue weighted by Crippen LogP contribution is 2.38. The molecule has 2 heterocycles. The average molecular weight is 313 g/mol. The van der Waals surface area contributed by atoms with Gasteiger partial charge in [-0.1, -0.05) is 34.8 Å². The number of hydrogen-bond acceptors (Lipinski definition) is 4. The Morgan fingerprint density at radius 1 is 1.22 bits per heavy atom. The van der Waals surface area contributed by atoms with E-state index in [1.807, 2.05) is 0 Å². The Hall–Kier alpha value is -0.590. The normalized spacial score (nSPS) is 16.8. The van der Waals surface area contributed by atoms with Crippen LogP contribution in [0.1, 0.15) is 28.6 Å². The Balaban J connectivity index is 2.52. The smallest absolute Gasteiger partial charge is 0.340 e. The highest BCUT2D eigenvalue weighted by atomic mass is 35.5. The molecular weight excluding hydrogens is 304 g/mol. The van der Waals surface area contributed by atoms with E-state index in [4.69, 9.17) is 49.4 Å². The lowest BCUT2D eigenvalue weighted by Crippen LogP contribution is -2.19. The second kappa shape index (κ2) is 5.59. The van der Waals surface area contributed by atoms with Crippen molar-refractivity contribution in [2.75, 3.05) is 13.2 Å². The summed E-state index contributed by atoms with van der Waals surface area (Å²) in [6.07, 6.45) is -0.0694. The number of aromatic carboxylic acids is 1. The number of carboxylic acids is 1. The zero-order valence-electron chi connectivity index (χ0n) is 8.95. The zero-order chi connectivity index (χ0) is 13.3. The van der Waals surface area contributed by atoms with Crippen LogP contribution in [0.5, 0.6) is 0 Å². The number of hydrogen-bond donors (Lipinski definition) is 1. The molecule has 0 saturated carbocycles. The van der Waals surface area contributed by atoms with Crippen molar-refractivity contribution in [1.82, 2.24) is 4.98 Å². The number of halogens is 3. The van der Waals surface area contributed by atoms with Crippen molar-refractivity contribution in [3.05, 3.63) is 26.5 Å². The molecule has 0 radical (unpaired) electrons. The summed E-state index contributed by atoms with van der Waals surface area (Å²) in [5.74, 6) is -1.29. The van der Waals surface area contributed by atoms with E-state index in [9.17, 15) is 4.79 Å². The van der Waals surface area contributed by atoms with E-state index < -0.39 is 12.3 Å². The van der Waals surface area contributed by atoms with Crippen molar-refractivity contribution in [3.8, 4) is 0 Å². The standard InChI is InChI=1S/C10H8Cl3NO4/c11-6-4(9(15)16)7(12)14-8(13)5(6)10-17-2-1-3-18-10/h10H,1-3H2,(H,15,16). The predicted octanol–water partition coefficient (Wildman–Crippen LogP) is 3.18. The SMILES string of the molecule is O=C(O)c1c(Cl)nc(Cl)c(C2OCCCO2)c1Cl. The molecule has 1 aliphatic heterocycles. The van der Waals surface area contributed by atoms with Crippen LogP contribution in [0.4, 0.5) is 0 Å². The van der Waals surface area contributed by atoms with E-state index in [2.05, 4.69) is 4.98 Å². The molecular formula is C10H8Cl3NO4. The molecule has 1 fully saturated rings. The molecule has 0 spiro atoms. The second-order valence-corrected chi connectivity index (χ2v) is 4.62. The van der Waals surface area contributed by atoms with Crippen molar-refractivity contribution in [2.45, 2.75) is 12.7 Å². The summed E-state index contributed by atoms with van der Waals surface area (Å²) < 4.78 is 10.7. The molecule has 0 bridgehead atoms. The summed E-state index contributed by atoms with van der Waals surface area (Å²) in [5, 5.41) is 8.62.